The van der Waals surface area contributed by atoms with E-state index in [1.54, 1.807) is 0 Å². The molecule has 0 N–H and O–H groups in total. The van der Waals surface area contributed by atoms with E-state index >= 15 is 0 Å². The van der Waals surface area contributed by atoms with Crippen LogP contribution in [0.15, 0.2) is 36.4 Å². The fraction of sp³-hybridized carbons (Fsp3) is 0.500. The fourth-order valence-corrected chi connectivity index (χ4v) is 8.63. The van der Waals surface area contributed by atoms with E-state index in [0.29, 0.717) is 6.42 Å². The number of likely N-dealkylation sites (tertiary alicyclic amines) is 2. The second kappa shape index (κ2) is 10.5. The van der Waals surface area contributed by atoms with Gasteiger partial charge in [0.05, 0.1) is 6.04 Å². The Hall–Kier alpha value is -3.62. The molecule has 4 aliphatic rings. The summed E-state index contributed by atoms with van der Waals surface area (Å²) in [5.41, 5.74) is 10.6. The summed E-state index contributed by atoms with van der Waals surface area (Å²) in [6.45, 7) is 11.4. The average Bonchev–Trinajstić information content (AvgIpc) is 3.72. The van der Waals surface area contributed by atoms with Crippen LogP contribution >= 0.6 is 0 Å². The van der Waals surface area contributed by atoms with Gasteiger partial charge in [-0.05, 0) is 62.7 Å². The van der Waals surface area contributed by atoms with Crippen LogP contribution in [0.25, 0.3) is 21.8 Å². The summed E-state index contributed by atoms with van der Waals surface area (Å²) in [5.74, 6) is 0.517. The van der Waals surface area contributed by atoms with Crippen molar-refractivity contribution in [2.75, 3.05) is 53.4 Å². The minimum absolute atomic E-state index is 0.103. The van der Waals surface area contributed by atoms with Crippen molar-refractivity contribution in [3.8, 4) is 0 Å². The number of amides is 2. The van der Waals surface area contributed by atoms with E-state index in [-0.39, 0.29) is 23.9 Å². The van der Waals surface area contributed by atoms with Gasteiger partial charge in [-0.25, -0.2) is 0 Å². The number of rotatable bonds is 5. The summed E-state index contributed by atoms with van der Waals surface area (Å²) < 4.78 is 4.90. The maximum Gasteiger partial charge on any atom is 0.245 e. The number of nitrogens with zero attached hydrogens (tertiary/aromatic N) is 6. The Kier molecular flexibility index (Phi) is 6.65. The second-order valence-corrected chi connectivity index (χ2v) is 13.9. The van der Waals surface area contributed by atoms with Crippen LogP contribution in [0.4, 0.5) is 0 Å². The number of aryl methyl sites for hydroxylation is 2. The number of hydrogen-bond donors (Lipinski definition) is 0. The predicted octanol–water partition coefficient (Wildman–Crippen LogP) is 4.44. The summed E-state index contributed by atoms with van der Waals surface area (Å²) in [6, 6.07) is 13.6. The maximum absolute atomic E-state index is 14.0. The van der Waals surface area contributed by atoms with Gasteiger partial charge in [-0.3, -0.25) is 14.5 Å². The molecule has 4 aliphatic heterocycles. The average molecular weight is 593 g/mol. The number of hydrogen-bond acceptors (Lipinski definition) is 4. The Bertz CT molecular complexity index is 1820. The zero-order valence-corrected chi connectivity index (χ0v) is 26.6. The van der Waals surface area contributed by atoms with Gasteiger partial charge in [0.2, 0.25) is 11.8 Å². The summed E-state index contributed by atoms with van der Waals surface area (Å²) >= 11 is 0. The molecule has 44 heavy (non-hydrogen) atoms. The first-order valence-electron chi connectivity index (χ1n) is 16.4. The van der Waals surface area contributed by atoms with Crippen LogP contribution in [0.3, 0.4) is 0 Å². The summed E-state index contributed by atoms with van der Waals surface area (Å²) in [4.78, 5) is 35.4. The van der Waals surface area contributed by atoms with Crippen LogP contribution in [0.2, 0.25) is 0 Å². The Balaban J connectivity index is 1.02. The van der Waals surface area contributed by atoms with Gasteiger partial charge in [-0.1, -0.05) is 23.3 Å². The SMILES string of the molecule is Cc1ccc2c(c1)c1c(n2C2CC(=O)N(C)C2)CCN(CCN2CCC(n3c4c(c5cc(C)ccc53)CN(C)CC4)C2=O)C1. The predicted molar refractivity (Wildman–Crippen MR) is 174 cm³/mol. The topological polar surface area (TPSA) is 57.0 Å². The van der Waals surface area contributed by atoms with Gasteiger partial charge in [-0.15, -0.1) is 0 Å². The third kappa shape index (κ3) is 4.40. The molecule has 2 fully saturated rings. The lowest BCUT2D eigenvalue weighted by molar-refractivity contribution is -0.130. The van der Waals surface area contributed by atoms with E-state index in [2.05, 4.69) is 81.1 Å². The number of carbonyl (C=O) groups is 2. The fourth-order valence-electron chi connectivity index (χ4n) is 8.63. The van der Waals surface area contributed by atoms with Gasteiger partial charge in [0, 0.05) is 112 Å². The molecule has 2 aromatic carbocycles. The molecule has 230 valence electrons. The quantitative estimate of drug-likeness (QED) is 0.344. The van der Waals surface area contributed by atoms with Crippen LogP contribution in [-0.4, -0.2) is 93.9 Å². The zero-order chi connectivity index (χ0) is 30.3. The molecular formula is C36H44N6O2. The second-order valence-electron chi connectivity index (χ2n) is 13.9. The van der Waals surface area contributed by atoms with Crippen molar-refractivity contribution in [3.05, 3.63) is 70.0 Å². The molecule has 0 saturated carbocycles. The van der Waals surface area contributed by atoms with E-state index in [1.807, 2.05) is 11.9 Å². The molecule has 8 rings (SSSR count). The smallest absolute Gasteiger partial charge is 0.245 e. The van der Waals surface area contributed by atoms with Crippen molar-refractivity contribution in [1.29, 1.82) is 0 Å². The molecule has 0 aliphatic carbocycles. The van der Waals surface area contributed by atoms with E-state index in [1.165, 1.54) is 55.4 Å². The van der Waals surface area contributed by atoms with E-state index in [0.717, 1.165) is 71.6 Å². The van der Waals surface area contributed by atoms with Crippen LogP contribution < -0.4 is 0 Å². The molecule has 0 radical (unpaired) electrons. The lowest BCUT2D eigenvalue weighted by Gasteiger charge is -2.30. The van der Waals surface area contributed by atoms with Gasteiger partial charge in [0.15, 0.2) is 0 Å². The van der Waals surface area contributed by atoms with Gasteiger partial charge in [0.1, 0.15) is 6.04 Å². The van der Waals surface area contributed by atoms with E-state index < -0.39 is 0 Å². The molecule has 2 amide bonds. The highest BCUT2D eigenvalue weighted by Gasteiger charge is 2.38. The zero-order valence-electron chi connectivity index (χ0n) is 26.6. The van der Waals surface area contributed by atoms with Gasteiger partial charge >= 0.3 is 0 Å². The normalized spacial score (nSPS) is 23.0. The molecule has 2 saturated heterocycles. The first-order chi connectivity index (χ1) is 21.3. The molecule has 0 bridgehead atoms. The van der Waals surface area contributed by atoms with Crippen LogP contribution in [0, 0.1) is 13.8 Å². The number of carbonyl (C=O) groups excluding carboxylic acids is 2. The van der Waals surface area contributed by atoms with Crippen molar-refractivity contribution in [2.45, 2.75) is 64.7 Å². The maximum atomic E-state index is 14.0. The minimum Gasteiger partial charge on any atom is -0.344 e. The minimum atomic E-state index is -0.103. The van der Waals surface area contributed by atoms with Crippen LogP contribution in [0.5, 0.6) is 0 Å². The van der Waals surface area contributed by atoms with Crippen LogP contribution in [-0.2, 0) is 35.5 Å². The molecular weight excluding hydrogens is 548 g/mol. The first kappa shape index (κ1) is 27.9. The molecule has 6 heterocycles. The van der Waals surface area contributed by atoms with Crippen molar-refractivity contribution >= 4 is 33.6 Å². The van der Waals surface area contributed by atoms with Gasteiger partial charge in [0.25, 0.3) is 0 Å². The first-order valence-corrected chi connectivity index (χ1v) is 16.4. The Morgan fingerprint density at radius 1 is 0.773 bits per heavy atom. The third-order valence-corrected chi connectivity index (χ3v) is 10.9. The molecule has 2 atom stereocenters. The van der Waals surface area contributed by atoms with E-state index in [9.17, 15) is 9.59 Å². The summed E-state index contributed by atoms with van der Waals surface area (Å²) in [6.07, 6.45) is 3.43. The van der Waals surface area contributed by atoms with Crippen molar-refractivity contribution in [1.82, 2.24) is 28.7 Å². The monoisotopic (exact) mass is 592 g/mol. The lowest BCUT2D eigenvalue weighted by atomic mass is 10.0. The number of likely N-dealkylation sites (N-methyl/N-ethyl adjacent to an activating group) is 2. The molecule has 2 aromatic heterocycles. The van der Waals surface area contributed by atoms with E-state index in [4.69, 9.17) is 0 Å². The van der Waals surface area contributed by atoms with Crippen LogP contribution in [0.1, 0.15) is 58.6 Å². The standard InChI is InChI=1S/C36H44N6O2/c1-23-5-7-30-27(18-23)29-22-39(13-10-32(29)41(30)25-19-35(43)38(4)20-25)15-16-40-14-11-34(36(40)44)42-31-8-6-24(2)17-26(31)28-21-37(3)12-9-33(28)42/h5-8,17-18,25,34H,9-16,19-22H2,1-4H3. The van der Waals surface area contributed by atoms with Crippen molar-refractivity contribution in [2.24, 2.45) is 0 Å². The molecule has 8 nitrogen and oxygen atoms in total. The molecule has 4 aromatic rings. The largest absolute Gasteiger partial charge is 0.344 e. The number of benzene rings is 2. The third-order valence-electron chi connectivity index (χ3n) is 10.9. The number of fused-ring (bicyclic) bond motifs is 6. The van der Waals surface area contributed by atoms with Crippen molar-refractivity contribution in [3.63, 3.8) is 0 Å². The van der Waals surface area contributed by atoms with Gasteiger partial charge in [-0.2, -0.15) is 0 Å². The Morgan fingerprint density at radius 3 is 2.14 bits per heavy atom. The van der Waals surface area contributed by atoms with Crippen molar-refractivity contribution < 1.29 is 9.59 Å². The molecule has 8 heteroatoms. The molecule has 0 spiro atoms. The van der Waals surface area contributed by atoms with Gasteiger partial charge < -0.3 is 23.8 Å². The lowest BCUT2D eigenvalue weighted by Crippen LogP contribution is -2.39. The molecule has 2 unspecified atom stereocenters. The highest BCUT2D eigenvalue weighted by molar-refractivity contribution is 5.91. The Labute approximate surface area is 259 Å². The number of aromatic nitrogens is 2. The summed E-state index contributed by atoms with van der Waals surface area (Å²) in [7, 11) is 4.12. The summed E-state index contributed by atoms with van der Waals surface area (Å²) in [5, 5.41) is 2.65. The highest BCUT2D eigenvalue weighted by atomic mass is 16.2. The Morgan fingerprint density at radius 2 is 1.43 bits per heavy atom. The highest BCUT2D eigenvalue weighted by Crippen LogP contribution is 2.39.